The van der Waals surface area contributed by atoms with Crippen LogP contribution >= 0.6 is 0 Å². The molecule has 0 aliphatic carbocycles. The molecule has 32 heavy (non-hydrogen) atoms. The highest BCUT2D eigenvalue weighted by Gasteiger charge is 2.18. The quantitative estimate of drug-likeness (QED) is 0.231. The molecular formula is C26H22O6. The van der Waals surface area contributed by atoms with Crippen LogP contribution in [-0.4, -0.2) is 26.3 Å². The van der Waals surface area contributed by atoms with Crippen molar-refractivity contribution in [3.05, 3.63) is 83.2 Å². The number of methoxy groups -OCH3 is 1. The van der Waals surface area contributed by atoms with Gasteiger partial charge in [-0.25, -0.2) is 4.79 Å². The summed E-state index contributed by atoms with van der Waals surface area (Å²) in [4.78, 5) is 23.9. The lowest BCUT2D eigenvalue weighted by molar-refractivity contribution is -0.141. The summed E-state index contributed by atoms with van der Waals surface area (Å²) in [6, 6.07) is 22.3. The maximum absolute atomic E-state index is 13.1. The maximum atomic E-state index is 13.1. The Kier molecular flexibility index (Phi) is 6.22. The van der Waals surface area contributed by atoms with Gasteiger partial charge in [0.15, 0.2) is 0 Å². The van der Waals surface area contributed by atoms with Gasteiger partial charge in [-0.2, -0.15) is 0 Å². The number of benzene rings is 3. The van der Waals surface area contributed by atoms with Gasteiger partial charge in [0.1, 0.15) is 30.3 Å². The summed E-state index contributed by atoms with van der Waals surface area (Å²) in [7, 11) is 1.57. The fourth-order valence-corrected chi connectivity index (χ4v) is 3.54. The van der Waals surface area contributed by atoms with Gasteiger partial charge in [-0.3, -0.25) is 4.79 Å². The Morgan fingerprint density at radius 1 is 0.844 bits per heavy atom. The standard InChI is InChI=1S/C26H22O6/c1-17(27)30-14-15-31-20-10-8-19(9-11-20)24-22-13-12-21(29-2)16-23(22)32-26(28)25(24)18-6-4-3-5-7-18/h3-13,16H,14-15H2,1-2H3. The van der Waals surface area contributed by atoms with Crippen LogP contribution in [0.25, 0.3) is 33.2 Å². The van der Waals surface area contributed by atoms with E-state index in [1.165, 1.54) is 6.92 Å². The molecule has 1 heterocycles. The third-order valence-electron chi connectivity index (χ3n) is 4.98. The van der Waals surface area contributed by atoms with Crippen LogP contribution in [-0.2, 0) is 9.53 Å². The Balaban J connectivity index is 1.79. The lowest BCUT2D eigenvalue weighted by Crippen LogP contribution is -2.09. The van der Waals surface area contributed by atoms with E-state index in [-0.39, 0.29) is 19.2 Å². The predicted molar refractivity (Wildman–Crippen MR) is 122 cm³/mol. The fraction of sp³-hybridized carbons (Fsp3) is 0.154. The second-order valence-electron chi connectivity index (χ2n) is 7.08. The number of carbonyl (C=O) groups excluding carboxylic acids is 1. The number of hydrogen-bond donors (Lipinski definition) is 0. The number of carbonyl (C=O) groups is 1. The average Bonchev–Trinajstić information content (AvgIpc) is 2.81. The van der Waals surface area contributed by atoms with Gasteiger partial charge in [0.05, 0.1) is 12.7 Å². The summed E-state index contributed by atoms with van der Waals surface area (Å²) < 4.78 is 21.5. The summed E-state index contributed by atoms with van der Waals surface area (Å²) in [5, 5.41) is 0.799. The van der Waals surface area contributed by atoms with Crippen molar-refractivity contribution in [3.63, 3.8) is 0 Å². The molecule has 0 saturated heterocycles. The van der Waals surface area contributed by atoms with Crippen molar-refractivity contribution in [3.8, 4) is 33.8 Å². The molecule has 0 atom stereocenters. The predicted octanol–water partition coefficient (Wildman–Crippen LogP) is 5.08. The topological polar surface area (TPSA) is 75.0 Å². The first kappa shape index (κ1) is 21.2. The third-order valence-corrected chi connectivity index (χ3v) is 4.98. The molecule has 3 aromatic carbocycles. The fourth-order valence-electron chi connectivity index (χ4n) is 3.54. The van der Waals surface area contributed by atoms with Crippen molar-refractivity contribution in [2.45, 2.75) is 6.92 Å². The van der Waals surface area contributed by atoms with Gasteiger partial charge in [0.2, 0.25) is 0 Å². The Labute approximate surface area is 185 Å². The Bertz CT molecular complexity index is 1290. The minimum absolute atomic E-state index is 0.182. The first-order chi connectivity index (χ1) is 15.6. The summed E-state index contributed by atoms with van der Waals surface area (Å²) in [6.45, 7) is 1.79. The van der Waals surface area contributed by atoms with E-state index in [4.69, 9.17) is 18.6 Å². The molecule has 6 heteroatoms. The summed E-state index contributed by atoms with van der Waals surface area (Å²) >= 11 is 0. The molecule has 1 aromatic heterocycles. The van der Waals surface area contributed by atoms with E-state index in [1.54, 1.807) is 13.2 Å². The molecule has 0 fully saturated rings. The van der Waals surface area contributed by atoms with Crippen LogP contribution in [0.3, 0.4) is 0 Å². The van der Waals surface area contributed by atoms with E-state index in [1.807, 2.05) is 66.7 Å². The molecule has 0 radical (unpaired) electrons. The molecular weight excluding hydrogens is 408 g/mol. The highest BCUT2D eigenvalue weighted by molar-refractivity contribution is 6.01. The third kappa shape index (κ3) is 4.49. The van der Waals surface area contributed by atoms with Crippen LogP contribution in [0, 0.1) is 0 Å². The zero-order chi connectivity index (χ0) is 22.5. The highest BCUT2D eigenvalue weighted by atomic mass is 16.6. The zero-order valence-corrected chi connectivity index (χ0v) is 17.8. The van der Waals surface area contributed by atoms with Crippen LogP contribution in [0.2, 0.25) is 0 Å². The van der Waals surface area contributed by atoms with Crippen LogP contribution < -0.4 is 15.1 Å². The Morgan fingerprint density at radius 3 is 2.22 bits per heavy atom. The van der Waals surface area contributed by atoms with E-state index in [0.29, 0.717) is 22.6 Å². The van der Waals surface area contributed by atoms with Gasteiger partial charge in [0, 0.05) is 23.9 Å². The maximum Gasteiger partial charge on any atom is 0.344 e. The second kappa shape index (κ2) is 9.39. The van der Waals surface area contributed by atoms with Gasteiger partial charge < -0.3 is 18.6 Å². The first-order valence-corrected chi connectivity index (χ1v) is 10.1. The molecule has 6 nitrogen and oxygen atoms in total. The smallest absolute Gasteiger partial charge is 0.344 e. The van der Waals surface area contributed by atoms with E-state index in [2.05, 4.69) is 0 Å². The van der Waals surface area contributed by atoms with Crippen molar-refractivity contribution in [1.82, 2.24) is 0 Å². The normalized spacial score (nSPS) is 10.7. The molecule has 0 bridgehead atoms. The molecule has 4 rings (SSSR count). The van der Waals surface area contributed by atoms with E-state index < -0.39 is 5.63 Å². The molecule has 0 aliphatic rings. The second-order valence-corrected chi connectivity index (χ2v) is 7.08. The van der Waals surface area contributed by atoms with Crippen LogP contribution in [0.15, 0.2) is 82.0 Å². The summed E-state index contributed by atoms with van der Waals surface area (Å²) in [5.41, 5.74) is 2.91. The molecule has 0 amide bonds. The zero-order valence-electron chi connectivity index (χ0n) is 17.8. The van der Waals surface area contributed by atoms with Gasteiger partial charge >= 0.3 is 11.6 Å². The molecule has 4 aromatic rings. The minimum Gasteiger partial charge on any atom is -0.497 e. The average molecular weight is 430 g/mol. The number of esters is 1. The number of fused-ring (bicyclic) bond motifs is 1. The van der Waals surface area contributed by atoms with Crippen molar-refractivity contribution in [1.29, 1.82) is 0 Å². The van der Waals surface area contributed by atoms with Gasteiger partial charge in [0.25, 0.3) is 0 Å². The highest BCUT2D eigenvalue weighted by Crippen LogP contribution is 2.37. The molecule has 162 valence electrons. The first-order valence-electron chi connectivity index (χ1n) is 10.1. The minimum atomic E-state index is -0.423. The van der Waals surface area contributed by atoms with Crippen molar-refractivity contribution < 1.29 is 23.4 Å². The van der Waals surface area contributed by atoms with Crippen LogP contribution in [0.4, 0.5) is 0 Å². The summed E-state index contributed by atoms with van der Waals surface area (Å²) in [6.07, 6.45) is 0. The van der Waals surface area contributed by atoms with Crippen LogP contribution in [0.1, 0.15) is 6.92 Å². The van der Waals surface area contributed by atoms with E-state index in [9.17, 15) is 9.59 Å². The molecule has 0 aliphatic heterocycles. The van der Waals surface area contributed by atoms with Crippen LogP contribution in [0.5, 0.6) is 11.5 Å². The number of hydrogen-bond acceptors (Lipinski definition) is 6. The molecule has 0 saturated carbocycles. The largest absolute Gasteiger partial charge is 0.497 e. The van der Waals surface area contributed by atoms with Crippen molar-refractivity contribution in [2.75, 3.05) is 20.3 Å². The monoisotopic (exact) mass is 430 g/mol. The van der Waals surface area contributed by atoms with Gasteiger partial charge in [-0.1, -0.05) is 42.5 Å². The van der Waals surface area contributed by atoms with Gasteiger partial charge in [-0.05, 0) is 35.4 Å². The van der Waals surface area contributed by atoms with E-state index >= 15 is 0 Å². The number of rotatable bonds is 7. The lowest BCUT2D eigenvalue weighted by Gasteiger charge is -2.14. The Morgan fingerprint density at radius 2 is 1.53 bits per heavy atom. The Hall–Kier alpha value is -4.06. The molecule has 0 N–H and O–H groups in total. The van der Waals surface area contributed by atoms with E-state index in [0.717, 1.165) is 22.1 Å². The SMILES string of the molecule is COc1ccc2c(-c3ccc(OCCOC(C)=O)cc3)c(-c3ccccc3)c(=O)oc2c1. The molecule has 0 spiro atoms. The van der Waals surface area contributed by atoms with Gasteiger partial charge in [-0.15, -0.1) is 0 Å². The lowest BCUT2D eigenvalue weighted by atomic mass is 9.93. The molecule has 0 unspecified atom stereocenters. The van der Waals surface area contributed by atoms with Crippen molar-refractivity contribution in [2.24, 2.45) is 0 Å². The number of ether oxygens (including phenoxy) is 3. The van der Waals surface area contributed by atoms with Crippen molar-refractivity contribution >= 4 is 16.9 Å². The summed E-state index contributed by atoms with van der Waals surface area (Å²) in [5.74, 6) is 0.899.